The highest BCUT2D eigenvalue weighted by atomic mass is 79.9. The molecule has 1 aliphatic rings. The molecule has 0 bridgehead atoms. The maximum absolute atomic E-state index is 9.30. The first kappa shape index (κ1) is 12.7. The van der Waals surface area contributed by atoms with Crippen molar-refractivity contribution >= 4 is 27.6 Å². The lowest BCUT2D eigenvalue weighted by molar-refractivity contribution is 0.174. The fraction of sp³-hybridized carbons (Fsp3) is 0.0667. The standard InChI is InChI=1S/C15H9BrN2O2/c16-12-7-15-14(19-9-20-15)6-10(12)5-11(8-17)13-3-1-2-4-18-13/h1-7H,9H2/b11-5+. The van der Waals surface area contributed by atoms with E-state index in [2.05, 4.69) is 27.0 Å². The van der Waals surface area contributed by atoms with Crippen molar-refractivity contribution in [3.8, 4) is 17.6 Å². The third-order valence-corrected chi connectivity index (χ3v) is 3.54. The SMILES string of the molecule is N#C/C(=C\c1cc2c(cc1Br)OCO2)c1ccccn1. The van der Waals surface area contributed by atoms with E-state index < -0.39 is 0 Å². The molecule has 1 aromatic heterocycles. The Morgan fingerprint density at radius 3 is 2.80 bits per heavy atom. The molecule has 0 N–H and O–H groups in total. The second-order valence-electron chi connectivity index (χ2n) is 4.11. The number of halogens is 1. The Labute approximate surface area is 124 Å². The van der Waals surface area contributed by atoms with Crippen LogP contribution in [0.1, 0.15) is 11.3 Å². The number of aromatic nitrogens is 1. The minimum absolute atomic E-state index is 0.223. The molecule has 0 atom stereocenters. The normalized spacial score (nSPS) is 13.1. The second kappa shape index (κ2) is 5.35. The zero-order valence-electron chi connectivity index (χ0n) is 10.3. The van der Waals surface area contributed by atoms with Gasteiger partial charge in [-0.1, -0.05) is 22.0 Å². The number of nitriles is 1. The maximum atomic E-state index is 9.30. The third kappa shape index (κ3) is 2.38. The molecule has 0 saturated carbocycles. The lowest BCUT2D eigenvalue weighted by Crippen LogP contribution is -1.92. The summed E-state index contributed by atoms with van der Waals surface area (Å²) >= 11 is 3.47. The van der Waals surface area contributed by atoms with E-state index in [-0.39, 0.29) is 6.79 Å². The lowest BCUT2D eigenvalue weighted by Gasteiger charge is -2.03. The largest absolute Gasteiger partial charge is 0.454 e. The minimum Gasteiger partial charge on any atom is -0.454 e. The highest BCUT2D eigenvalue weighted by molar-refractivity contribution is 9.10. The van der Waals surface area contributed by atoms with E-state index in [4.69, 9.17) is 9.47 Å². The fourth-order valence-electron chi connectivity index (χ4n) is 1.88. The molecule has 0 spiro atoms. The van der Waals surface area contributed by atoms with E-state index in [1.54, 1.807) is 18.3 Å². The summed E-state index contributed by atoms with van der Waals surface area (Å²) in [6, 6.07) is 11.3. The topological polar surface area (TPSA) is 55.1 Å². The minimum atomic E-state index is 0.223. The predicted molar refractivity (Wildman–Crippen MR) is 78.0 cm³/mol. The van der Waals surface area contributed by atoms with Gasteiger partial charge in [0.15, 0.2) is 11.5 Å². The number of fused-ring (bicyclic) bond motifs is 1. The average Bonchev–Trinajstić information content (AvgIpc) is 2.92. The molecular formula is C15H9BrN2O2. The molecule has 0 aliphatic carbocycles. The molecule has 0 amide bonds. The molecule has 2 heterocycles. The highest BCUT2D eigenvalue weighted by Gasteiger charge is 2.16. The Balaban J connectivity index is 2.05. The van der Waals surface area contributed by atoms with Crippen LogP contribution in [0.2, 0.25) is 0 Å². The summed E-state index contributed by atoms with van der Waals surface area (Å²) in [6.07, 6.45) is 3.43. The van der Waals surface area contributed by atoms with Gasteiger partial charge < -0.3 is 9.47 Å². The monoisotopic (exact) mass is 328 g/mol. The van der Waals surface area contributed by atoms with Crippen molar-refractivity contribution in [1.29, 1.82) is 5.26 Å². The van der Waals surface area contributed by atoms with Gasteiger partial charge in [-0.3, -0.25) is 4.98 Å². The van der Waals surface area contributed by atoms with E-state index in [9.17, 15) is 5.26 Å². The van der Waals surface area contributed by atoms with Gasteiger partial charge in [0.2, 0.25) is 6.79 Å². The van der Waals surface area contributed by atoms with Crippen LogP contribution in [0, 0.1) is 11.3 Å². The molecule has 0 fully saturated rings. The van der Waals surface area contributed by atoms with Gasteiger partial charge in [-0.15, -0.1) is 0 Å². The fourth-order valence-corrected chi connectivity index (χ4v) is 2.32. The van der Waals surface area contributed by atoms with E-state index in [0.717, 1.165) is 10.0 Å². The molecule has 98 valence electrons. The molecule has 0 saturated heterocycles. The molecular weight excluding hydrogens is 320 g/mol. The Morgan fingerprint density at radius 1 is 1.30 bits per heavy atom. The van der Waals surface area contributed by atoms with Gasteiger partial charge >= 0.3 is 0 Å². The predicted octanol–water partition coefficient (Wildman–Crippen LogP) is 3.64. The van der Waals surface area contributed by atoms with E-state index >= 15 is 0 Å². The van der Waals surface area contributed by atoms with Crippen LogP contribution in [0.15, 0.2) is 41.0 Å². The van der Waals surface area contributed by atoms with Crippen LogP contribution >= 0.6 is 15.9 Å². The van der Waals surface area contributed by atoms with Gasteiger partial charge in [-0.2, -0.15) is 5.26 Å². The maximum Gasteiger partial charge on any atom is 0.231 e. The lowest BCUT2D eigenvalue weighted by atomic mass is 10.1. The highest BCUT2D eigenvalue weighted by Crippen LogP contribution is 2.38. The smallest absolute Gasteiger partial charge is 0.231 e. The van der Waals surface area contributed by atoms with Crippen LogP contribution in [0.3, 0.4) is 0 Å². The summed E-state index contributed by atoms with van der Waals surface area (Å²) in [7, 11) is 0. The van der Waals surface area contributed by atoms with Crippen molar-refractivity contribution < 1.29 is 9.47 Å². The van der Waals surface area contributed by atoms with Gasteiger partial charge in [0.25, 0.3) is 0 Å². The Hall–Kier alpha value is -2.32. The average molecular weight is 329 g/mol. The van der Waals surface area contributed by atoms with Gasteiger partial charge in [0.05, 0.1) is 11.3 Å². The van der Waals surface area contributed by atoms with Crippen molar-refractivity contribution in [3.05, 3.63) is 52.3 Å². The number of pyridine rings is 1. The molecule has 0 radical (unpaired) electrons. The van der Waals surface area contributed by atoms with E-state index in [1.165, 1.54) is 0 Å². The Bertz CT molecular complexity index is 721. The van der Waals surface area contributed by atoms with Crippen LogP contribution in [0.4, 0.5) is 0 Å². The van der Waals surface area contributed by atoms with Gasteiger partial charge in [0.1, 0.15) is 6.07 Å². The van der Waals surface area contributed by atoms with E-state index in [0.29, 0.717) is 22.8 Å². The Morgan fingerprint density at radius 2 is 2.10 bits per heavy atom. The number of ether oxygens (including phenoxy) is 2. The first-order chi connectivity index (χ1) is 9.78. The van der Waals surface area contributed by atoms with Crippen molar-refractivity contribution in [2.24, 2.45) is 0 Å². The van der Waals surface area contributed by atoms with Crippen LogP contribution in [-0.4, -0.2) is 11.8 Å². The van der Waals surface area contributed by atoms with Crippen LogP contribution in [0.5, 0.6) is 11.5 Å². The summed E-state index contributed by atoms with van der Waals surface area (Å²) in [5.41, 5.74) is 1.97. The number of benzene rings is 1. The number of rotatable bonds is 2. The zero-order chi connectivity index (χ0) is 13.9. The van der Waals surface area contributed by atoms with Crippen molar-refractivity contribution in [3.63, 3.8) is 0 Å². The van der Waals surface area contributed by atoms with E-state index in [1.807, 2.05) is 24.3 Å². The van der Waals surface area contributed by atoms with Gasteiger partial charge in [-0.25, -0.2) is 0 Å². The summed E-state index contributed by atoms with van der Waals surface area (Å²) in [5.74, 6) is 1.38. The van der Waals surface area contributed by atoms with Crippen LogP contribution in [0.25, 0.3) is 11.6 Å². The van der Waals surface area contributed by atoms with Crippen molar-refractivity contribution in [2.75, 3.05) is 6.79 Å². The first-order valence-electron chi connectivity index (χ1n) is 5.90. The third-order valence-electron chi connectivity index (χ3n) is 2.85. The molecule has 1 aromatic carbocycles. The second-order valence-corrected chi connectivity index (χ2v) is 4.97. The summed E-state index contributed by atoms with van der Waals surface area (Å²) in [4.78, 5) is 4.19. The molecule has 5 heteroatoms. The summed E-state index contributed by atoms with van der Waals surface area (Å²) in [6.45, 7) is 0.223. The summed E-state index contributed by atoms with van der Waals surface area (Å²) in [5, 5.41) is 9.30. The first-order valence-corrected chi connectivity index (χ1v) is 6.69. The molecule has 2 aromatic rings. The number of allylic oxidation sites excluding steroid dienone is 1. The van der Waals surface area contributed by atoms with Crippen LogP contribution < -0.4 is 9.47 Å². The van der Waals surface area contributed by atoms with Crippen molar-refractivity contribution in [1.82, 2.24) is 4.98 Å². The summed E-state index contributed by atoms with van der Waals surface area (Å²) < 4.78 is 11.5. The van der Waals surface area contributed by atoms with Gasteiger partial charge in [-0.05, 0) is 35.9 Å². The number of nitrogens with zero attached hydrogens (tertiary/aromatic N) is 2. The zero-order valence-corrected chi connectivity index (χ0v) is 11.9. The van der Waals surface area contributed by atoms with Crippen LogP contribution in [-0.2, 0) is 0 Å². The number of hydrogen-bond donors (Lipinski definition) is 0. The number of hydrogen-bond acceptors (Lipinski definition) is 4. The van der Waals surface area contributed by atoms with Crippen molar-refractivity contribution in [2.45, 2.75) is 0 Å². The quantitative estimate of drug-likeness (QED) is 0.790. The molecule has 1 aliphatic heterocycles. The molecule has 3 rings (SSSR count). The van der Waals surface area contributed by atoms with Gasteiger partial charge in [0, 0.05) is 10.7 Å². The molecule has 0 unspecified atom stereocenters. The Kier molecular flexibility index (Phi) is 3.40. The molecule has 4 nitrogen and oxygen atoms in total. The molecule has 20 heavy (non-hydrogen) atoms.